The molecule has 0 bridgehead atoms. The number of hydrogen-bond donors (Lipinski definition) is 0. The molecule has 166 valence electrons. The summed E-state index contributed by atoms with van der Waals surface area (Å²) in [5.74, 6) is 0.484. The monoisotopic (exact) mass is 436 g/mol. The van der Waals surface area contributed by atoms with E-state index in [1.54, 1.807) is 12.1 Å². The Bertz CT molecular complexity index is 1080. The minimum Gasteiger partial charge on any atom is -0.378 e. The van der Waals surface area contributed by atoms with Gasteiger partial charge in [0, 0.05) is 43.0 Å². The molecular formula is C24H25FN4O3. The van der Waals surface area contributed by atoms with Crippen LogP contribution in [0.1, 0.15) is 35.0 Å². The highest BCUT2D eigenvalue weighted by atomic mass is 19.1. The van der Waals surface area contributed by atoms with Crippen LogP contribution < -0.4 is 4.90 Å². The van der Waals surface area contributed by atoms with Gasteiger partial charge in [-0.15, -0.1) is 0 Å². The third-order valence-corrected chi connectivity index (χ3v) is 6.07. The molecule has 2 saturated heterocycles. The molecule has 3 heterocycles. The molecule has 1 aromatic heterocycles. The van der Waals surface area contributed by atoms with E-state index >= 15 is 0 Å². The first-order chi connectivity index (χ1) is 15.7. The number of hydrogen-bond acceptors (Lipinski definition) is 6. The summed E-state index contributed by atoms with van der Waals surface area (Å²) in [6.07, 6.45) is 1.73. The number of aromatic nitrogens is 2. The summed E-state index contributed by atoms with van der Waals surface area (Å²) >= 11 is 0. The van der Waals surface area contributed by atoms with Crippen LogP contribution in [0, 0.1) is 5.82 Å². The third-order valence-electron chi connectivity index (χ3n) is 6.07. The van der Waals surface area contributed by atoms with Gasteiger partial charge in [-0.2, -0.15) is 4.98 Å². The van der Waals surface area contributed by atoms with Gasteiger partial charge < -0.3 is 19.1 Å². The van der Waals surface area contributed by atoms with Gasteiger partial charge in [0.25, 0.3) is 5.91 Å². The molecule has 7 nitrogen and oxygen atoms in total. The average molecular weight is 436 g/mol. The highest BCUT2D eigenvalue weighted by Crippen LogP contribution is 2.29. The van der Waals surface area contributed by atoms with Crippen LogP contribution in [-0.2, 0) is 4.74 Å². The second-order valence-electron chi connectivity index (χ2n) is 8.20. The van der Waals surface area contributed by atoms with E-state index in [1.807, 2.05) is 29.2 Å². The number of halogens is 1. The Labute approximate surface area is 185 Å². The number of carbonyl (C=O) groups excluding carboxylic acids is 1. The van der Waals surface area contributed by atoms with Crippen LogP contribution in [0.2, 0.25) is 0 Å². The van der Waals surface area contributed by atoms with Crippen molar-refractivity contribution in [3.63, 3.8) is 0 Å². The van der Waals surface area contributed by atoms with Gasteiger partial charge in [-0.25, -0.2) is 4.39 Å². The molecule has 5 rings (SSSR count). The zero-order chi connectivity index (χ0) is 21.9. The quantitative estimate of drug-likeness (QED) is 0.621. The molecular weight excluding hydrogens is 411 g/mol. The molecule has 2 aliphatic heterocycles. The van der Waals surface area contributed by atoms with E-state index in [0.717, 1.165) is 44.8 Å². The van der Waals surface area contributed by atoms with Crippen LogP contribution >= 0.6 is 0 Å². The molecule has 2 aliphatic rings. The summed E-state index contributed by atoms with van der Waals surface area (Å²) < 4.78 is 24.4. The van der Waals surface area contributed by atoms with E-state index in [9.17, 15) is 9.18 Å². The van der Waals surface area contributed by atoms with E-state index in [4.69, 9.17) is 9.26 Å². The Morgan fingerprint density at radius 2 is 1.88 bits per heavy atom. The van der Waals surface area contributed by atoms with Gasteiger partial charge in [-0.1, -0.05) is 17.3 Å². The highest BCUT2D eigenvalue weighted by Gasteiger charge is 2.29. The van der Waals surface area contributed by atoms with Crippen molar-refractivity contribution in [1.29, 1.82) is 0 Å². The first-order valence-electron chi connectivity index (χ1n) is 11.0. The predicted molar refractivity (Wildman–Crippen MR) is 117 cm³/mol. The number of morpholine rings is 1. The van der Waals surface area contributed by atoms with Crippen LogP contribution in [-0.4, -0.2) is 60.3 Å². The summed E-state index contributed by atoms with van der Waals surface area (Å²) in [6.45, 7) is 4.41. The second kappa shape index (κ2) is 9.08. The normalized spacial score (nSPS) is 19.2. The van der Waals surface area contributed by atoms with E-state index in [0.29, 0.717) is 35.9 Å². The molecule has 1 atom stereocenters. The lowest BCUT2D eigenvalue weighted by Gasteiger charge is -2.31. The summed E-state index contributed by atoms with van der Waals surface area (Å²) in [7, 11) is 0. The van der Waals surface area contributed by atoms with Gasteiger partial charge in [0.1, 0.15) is 5.82 Å². The van der Waals surface area contributed by atoms with Crippen LogP contribution in [0.25, 0.3) is 11.4 Å². The average Bonchev–Trinajstić information content (AvgIpc) is 3.35. The maximum Gasteiger partial charge on any atom is 0.253 e. The molecule has 3 aromatic rings. The second-order valence-corrected chi connectivity index (χ2v) is 8.20. The Morgan fingerprint density at radius 1 is 1.06 bits per heavy atom. The van der Waals surface area contributed by atoms with Crippen molar-refractivity contribution in [3.05, 3.63) is 65.8 Å². The Hall–Kier alpha value is -3.26. The molecule has 0 aliphatic carbocycles. The number of carbonyl (C=O) groups is 1. The molecule has 8 heteroatoms. The van der Waals surface area contributed by atoms with Crippen molar-refractivity contribution in [1.82, 2.24) is 15.0 Å². The predicted octanol–water partition coefficient (Wildman–Crippen LogP) is 3.73. The third kappa shape index (κ3) is 4.36. The van der Waals surface area contributed by atoms with Crippen molar-refractivity contribution in [2.45, 2.75) is 18.8 Å². The van der Waals surface area contributed by atoms with Gasteiger partial charge >= 0.3 is 0 Å². The first-order valence-corrected chi connectivity index (χ1v) is 11.0. The molecule has 1 amide bonds. The fraction of sp³-hybridized carbons (Fsp3) is 0.375. The van der Waals surface area contributed by atoms with E-state index < -0.39 is 0 Å². The van der Waals surface area contributed by atoms with Crippen molar-refractivity contribution in [2.75, 3.05) is 44.3 Å². The molecule has 0 N–H and O–H groups in total. The van der Waals surface area contributed by atoms with Gasteiger partial charge in [0.15, 0.2) is 0 Å². The molecule has 32 heavy (non-hydrogen) atoms. The fourth-order valence-corrected chi connectivity index (χ4v) is 4.33. The Balaban J connectivity index is 1.26. The van der Waals surface area contributed by atoms with Gasteiger partial charge in [-0.3, -0.25) is 4.79 Å². The zero-order valence-corrected chi connectivity index (χ0v) is 17.7. The lowest BCUT2D eigenvalue weighted by Crippen LogP contribution is -2.39. The maximum absolute atomic E-state index is 13.5. The SMILES string of the molecule is O=C(c1ccc(N2CCOCC2)cc1)N1CCCC(c2nc(-c3cccc(F)c3)no2)C1. The van der Waals surface area contributed by atoms with Crippen LogP contribution in [0.5, 0.6) is 0 Å². The van der Waals surface area contributed by atoms with Crippen molar-refractivity contribution >= 4 is 11.6 Å². The van der Waals surface area contributed by atoms with E-state index in [2.05, 4.69) is 15.0 Å². The number of amides is 1. The number of piperidine rings is 1. The Morgan fingerprint density at radius 3 is 2.66 bits per heavy atom. The number of rotatable bonds is 4. The summed E-state index contributed by atoms with van der Waals surface area (Å²) in [4.78, 5) is 21.7. The van der Waals surface area contributed by atoms with Gasteiger partial charge in [-0.05, 0) is 49.2 Å². The van der Waals surface area contributed by atoms with E-state index in [1.165, 1.54) is 12.1 Å². The largest absolute Gasteiger partial charge is 0.378 e. The fourth-order valence-electron chi connectivity index (χ4n) is 4.33. The van der Waals surface area contributed by atoms with Crippen LogP contribution in [0.4, 0.5) is 10.1 Å². The minimum atomic E-state index is -0.345. The molecule has 2 fully saturated rings. The number of anilines is 1. The number of likely N-dealkylation sites (tertiary alicyclic amines) is 1. The highest BCUT2D eigenvalue weighted by molar-refractivity contribution is 5.94. The molecule has 2 aromatic carbocycles. The van der Waals surface area contributed by atoms with Gasteiger partial charge in [0.05, 0.1) is 19.1 Å². The van der Waals surface area contributed by atoms with Crippen LogP contribution in [0.15, 0.2) is 53.1 Å². The number of nitrogens with zero attached hydrogens (tertiary/aromatic N) is 4. The number of ether oxygens (including phenoxy) is 1. The number of benzene rings is 2. The maximum atomic E-state index is 13.5. The molecule has 0 spiro atoms. The summed E-state index contributed by atoms with van der Waals surface area (Å²) in [6, 6.07) is 13.9. The van der Waals surface area contributed by atoms with Crippen molar-refractivity contribution in [2.24, 2.45) is 0 Å². The lowest BCUT2D eigenvalue weighted by molar-refractivity contribution is 0.0695. The Kier molecular flexibility index (Phi) is 5.85. The van der Waals surface area contributed by atoms with E-state index in [-0.39, 0.29) is 17.6 Å². The van der Waals surface area contributed by atoms with Crippen molar-refractivity contribution < 1.29 is 18.4 Å². The van der Waals surface area contributed by atoms with Crippen LogP contribution in [0.3, 0.4) is 0 Å². The zero-order valence-electron chi connectivity index (χ0n) is 17.7. The van der Waals surface area contributed by atoms with Gasteiger partial charge in [0.2, 0.25) is 11.7 Å². The topological polar surface area (TPSA) is 71.7 Å². The van der Waals surface area contributed by atoms with Crippen molar-refractivity contribution in [3.8, 4) is 11.4 Å². The standard InChI is InChI=1S/C24H25FN4O3/c25-20-5-1-3-18(15-20)22-26-23(32-27-22)19-4-2-10-29(16-19)24(30)17-6-8-21(9-7-17)28-11-13-31-14-12-28/h1,3,5-9,15,19H,2,4,10-14,16H2. The lowest BCUT2D eigenvalue weighted by atomic mass is 9.97. The molecule has 0 saturated carbocycles. The molecule has 0 radical (unpaired) electrons. The first kappa shape index (κ1) is 20.6. The molecule has 1 unspecified atom stereocenters. The smallest absolute Gasteiger partial charge is 0.253 e. The summed E-state index contributed by atoms with van der Waals surface area (Å²) in [5.41, 5.74) is 2.36. The summed E-state index contributed by atoms with van der Waals surface area (Å²) in [5, 5.41) is 4.02. The minimum absolute atomic E-state index is 0.00750.